The number of nitrogens with zero attached hydrogens (tertiary/aromatic N) is 6. The van der Waals surface area contributed by atoms with Crippen molar-refractivity contribution in [3.05, 3.63) is 36.2 Å². The molecule has 0 spiro atoms. The molecule has 7 heteroatoms. The standard InChI is InChI=1S/C16H22N6O/c1-2-3-4-14-11-22(20-19-14)15-5-7-21(8-6-15)16(23)13-9-17-12-18-10-13/h9-12,15H,2-8H2,1H3. The molecule has 1 amide bonds. The van der Waals surface area contributed by atoms with Crippen LogP contribution in [0.3, 0.4) is 0 Å². The topological polar surface area (TPSA) is 76.8 Å². The van der Waals surface area contributed by atoms with Crippen molar-refractivity contribution in [2.24, 2.45) is 0 Å². The van der Waals surface area contributed by atoms with Crippen LogP contribution in [-0.2, 0) is 6.42 Å². The monoisotopic (exact) mass is 314 g/mol. The first kappa shape index (κ1) is 15.6. The van der Waals surface area contributed by atoms with Crippen LogP contribution in [0, 0.1) is 0 Å². The number of amides is 1. The zero-order valence-electron chi connectivity index (χ0n) is 13.4. The number of carbonyl (C=O) groups is 1. The molecule has 2 aromatic heterocycles. The van der Waals surface area contributed by atoms with Gasteiger partial charge in [-0.1, -0.05) is 18.6 Å². The lowest BCUT2D eigenvalue weighted by atomic mass is 10.0. The van der Waals surface area contributed by atoms with Gasteiger partial charge in [0.25, 0.3) is 5.91 Å². The molecule has 1 aliphatic rings. The Balaban J connectivity index is 1.56. The van der Waals surface area contributed by atoms with Gasteiger partial charge in [-0.05, 0) is 25.7 Å². The van der Waals surface area contributed by atoms with Gasteiger partial charge in [-0.3, -0.25) is 4.79 Å². The second kappa shape index (κ2) is 7.30. The largest absolute Gasteiger partial charge is 0.338 e. The van der Waals surface area contributed by atoms with Crippen LogP contribution in [-0.4, -0.2) is 48.9 Å². The minimum Gasteiger partial charge on any atom is -0.338 e. The van der Waals surface area contributed by atoms with E-state index in [0.717, 1.165) is 50.9 Å². The van der Waals surface area contributed by atoms with Gasteiger partial charge in [-0.15, -0.1) is 5.10 Å². The molecule has 0 radical (unpaired) electrons. The molecule has 3 heterocycles. The predicted molar refractivity (Wildman–Crippen MR) is 84.8 cm³/mol. The molecule has 122 valence electrons. The Morgan fingerprint density at radius 3 is 2.70 bits per heavy atom. The Kier molecular flexibility index (Phi) is 4.95. The number of hydrogen-bond donors (Lipinski definition) is 0. The summed E-state index contributed by atoms with van der Waals surface area (Å²) < 4.78 is 1.97. The van der Waals surface area contributed by atoms with Crippen molar-refractivity contribution in [2.45, 2.75) is 45.1 Å². The molecule has 0 atom stereocenters. The van der Waals surface area contributed by atoms with Crippen molar-refractivity contribution in [1.29, 1.82) is 0 Å². The number of likely N-dealkylation sites (tertiary alicyclic amines) is 1. The van der Waals surface area contributed by atoms with E-state index >= 15 is 0 Å². The molecule has 3 rings (SSSR count). The van der Waals surface area contributed by atoms with Crippen LogP contribution >= 0.6 is 0 Å². The van der Waals surface area contributed by atoms with Crippen molar-refractivity contribution in [3.63, 3.8) is 0 Å². The third-order valence-electron chi connectivity index (χ3n) is 4.28. The fourth-order valence-electron chi connectivity index (χ4n) is 2.89. The van der Waals surface area contributed by atoms with E-state index in [4.69, 9.17) is 0 Å². The van der Waals surface area contributed by atoms with E-state index in [2.05, 4.69) is 33.4 Å². The second-order valence-electron chi connectivity index (χ2n) is 5.94. The summed E-state index contributed by atoms with van der Waals surface area (Å²) in [6, 6.07) is 0.328. The highest BCUT2D eigenvalue weighted by Crippen LogP contribution is 2.23. The maximum absolute atomic E-state index is 12.4. The van der Waals surface area contributed by atoms with E-state index < -0.39 is 0 Å². The van der Waals surface area contributed by atoms with Gasteiger partial charge in [0.15, 0.2) is 0 Å². The Morgan fingerprint density at radius 2 is 2.00 bits per heavy atom. The van der Waals surface area contributed by atoms with Gasteiger partial charge in [-0.25, -0.2) is 14.6 Å². The summed E-state index contributed by atoms with van der Waals surface area (Å²) in [7, 11) is 0. The summed E-state index contributed by atoms with van der Waals surface area (Å²) in [6.45, 7) is 3.63. The molecular weight excluding hydrogens is 292 g/mol. The van der Waals surface area contributed by atoms with Gasteiger partial charge in [0.05, 0.1) is 17.3 Å². The van der Waals surface area contributed by atoms with Gasteiger partial charge in [0.1, 0.15) is 6.33 Å². The van der Waals surface area contributed by atoms with Crippen LogP contribution in [0.5, 0.6) is 0 Å². The van der Waals surface area contributed by atoms with Crippen LogP contribution in [0.2, 0.25) is 0 Å². The average molecular weight is 314 g/mol. The summed E-state index contributed by atoms with van der Waals surface area (Å²) in [4.78, 5) is 22.1. The van der Waals surface area contributed by atoms with Gasteiger partial charge in [0, 0.05) is 31.7 Å². The van der Waals surface area contributed by atoms with Crippen molar-refractivity contribution < 1.29 is 4.79 Å². The number of aryl methyl sites for hydroxylation is 1. The maximum atomic E-state index is 12.4. The fourth-order valence-corrected chi connectivity index (χ4v) is 2.89. The lowest BCUT2D eigenvalue weighted by Gasteiger charge is -2.31. The lowest BCUT2D eigenvalue weighted by molar-refractivity contribution is 0.0688. The minimum absolute atomic E-state index is 0.00581. The van der Waals surface area contributed by atoms with Crippen LogP contribution in [0.15, 0.2) is 24.9 Å². The SMILES string of the molecule is CCCCc1cn(C2CCN(C(=O)c3cncnc3)CC2)nn1. The van der Waals surface area contributed by atoms with Crippen LogP contribution in [0.25, 0.3) is 0 Å². The predicted octanol–water partition coefficient (Wildman–Crippen LogP) is 1.89. The third kappa shape index (κ3) is 3.72. The fraction of sp³-hybridized carbons (Fsp3) is 0.562. The quantitative estimate of drug-likeness (QED) is 0.842. The van der Waals surface area contributed by atoms with E-state index in [1.165, 1.54) is 6.33 Å². The van der Waals surface area contributed by atoms with Crippen LogP contribution in [0.1, 0.15) is 54.7 Å². The first-order valence-electron chi connectivity index (χ1n) is 8.23. The molecule has 0 saturated carbocycles. The van der Waals surface area contributed by atoms with Gasteiger partial charge in [0.2, 0.25) is 0 Å². The highest BCUT2D eigenvalue weighted by Gasteiger charge is 2.25. The smallest absolute Gasteiger partial charge is 0.256 e. The molecule has 0 N–H and O–H groups in total. The first-order chi connectivity index (χ1) is 11.3. The maximum Gasteiger partial charge on any atom is 0.256 e. The molecule has 0 bridgehead atoms. The zero-order valence-corrected chi connectivity index (χ0v) is 13.4. The van der Waals surface area contributed by atoms with Crippen molar-refractivity contribution in [2.75, 3.05) is 13.1 Å². The molecular formula is C16H22N6O. The summed E-state index contributed by atoms with van der Waals surface area (Å²) in [5.41, 5.74) is 1.61. The lowest BCUT2D eigenvalue weighted by Crippen LogP contribution is -2.39. The minimum atomic E-state index is 0.00581. The first-order valence-corrected chi connectivity index (χ1v) is 8.23. The van der Waals surface area contributed by atoms with Gasteiger partial charge >= 0.3 is 0 Å². The number of aromatic nitrogens is 5. The summed E-state index contributed by atoms with van der Waals surface area (Å²) in [5.74, 6) is 0.00581. The Hall–Kier alpha value is -2.31. The molecule has 23 heavy (non-hydrogen) atoms. The van der Waals surface area contributed by atoms with E-state index in [0.29, 0.717) is 11.6 Å². The summed E-state index contributed by atoms with van der Waals surface area (Å²) in [6.07, 6.45) is 11.7. The Labute approximate surface area is 135 Å². The van der Waals surface area contributed by atoms with E-state index in [-0.39, 0.29) is 5.91 Å². The van der Waals surface area contributed by atoms with E-state index in [1.54, 1.807) is 12.4 Å². The Morgan fingerprint density at radius 1 is 1.26 bits per heavy atom. The second-order valence-corrected chi connectivity index (χ2v) is 5.94. The molecule has 0 aliphatic carbocycles. The molecule has 2 aromatic rings. The Bertz CT molecular complexity index is 633. The van der Waals surface area contributed by atoms with E-state index in [1.807, 2.05) is 9.58 Å². The molecule has 1 fully saturated rings. The normalized spacial score (nSPS) is 15.8. The number of hydrogen-bond acceptors (Lipinski definition) is 5. The average Bonchev–Trinajstić information content (AvgIpc) is 3.09. The number of piperidine rings is 1. The van der Waals surface area contributed by atoms with Gasteiger partial charge in [-0.2, -0.15) is 0 Å². The summed E-state index contributed by atoms with van der Waals surface area (Å²) in [5, 5.41) is 8.51. The van der Waals surface area contributed by atoms with Crippen LogP contribution < -0.4 is 0 Å². The zero-order chi connectivity index (χ0) is 16.1. The number of unbranched alkanes of at least 4 members (excludes halogenated alkanes) is 1. The number of carbonyl (C=O) groups excluding carboxylic acids is 1. The third-order valence-corrected chi connectivity index (χ3v) is 4.28. The summed E-state index contributed by atoms with van der Waals surface area (Å²) >= 11 is 0. The molecule has 7 nitrogen and oxygen atoms in total. The molecule has 0 aromatic carbocycles. The van der Waals surface area contributed by atoms with Crippen molar-refractivity contribution in [3.8, 4) is 0 Å². The van der Waals surface area contributed by atoms with Crippen LogP contribution in [0.4, 0.5) is 0 Å². The van der Waals surface area contributed by atoms with Crippen molar-refractivity contribution in [1.82, 2.24) is 29.9 Å². The number of rotatable bonds is 5. The van der Waals surface area contributed by atoms with E-state index in [9.17, 15) is 4.79 Å². The highest BCUT2D eigenvalue weighted by atomic mass is 16.2. The molecule has 1 saturated heterocycles. The van der Waals surface area contributed by atoms with Gasteiger partial charge < -0.3 is 4.90 Å². The van der Waals surface area contributed by atoms with Crippen molar-refractivity contribution >= 4 is 5.91 Å². The highest BCUT2D eigenvalue weighted by molar-refractivity contribution is 5.93. The molecule has 1 aliphatic heterocycles. The molecule has 0 unspecified atom stereocenters.